The monoisotopic (exact) mass is 246 g/mol. The van der Waals surface area contributed by atoms with Gasteiger partial charge in [-0.2, -0.15) is 0 Å². The molecule has 1 aliphatic heterocycles. The molecule has 0 spiro atoms. The van der Waals surface area contributed by atoms with Gasteiger partial charge in [-0.1, -0.05) is 36.2 Å². The fraction of sp³-hybridized carbons (Fsp3) is 0.455. The maximum absolute atomic E-state index is 9.17. The van der Waals surface area contributed by atoms with E-state index in [1.54, 1.807) is 12.1 Å². The summed E-state index contributed by atoms with van der Waals surface area (Å²) in [5, 5.41) is 10.4. The molecule has 1 fully saturated rings. The van der Waals surface area contributed by atoms with Crippen LogP contribution in [0.1, 0.15) is 12.5 Å². The third kappa shape index (κ3) is 1.87. The molecule has 1 aliphatic rings. The number of halogens is 2. The van der Waals surface area contributed by atoms with E-state index in [4.69, 9.17) is 33.0 Å². The van der Waals surface area contributed by atoms with Crippen LogP contribution in [0.2, 0.25) is 10.0 Å². The lowest BCUT2D eigenvalue weighted by atomic mass is 9.88. The Hall–Kier alpha value is -0.280. The van der Waals surface area contributed by atoms with E-state index in [0.29, 0.717) is 16.7 Å². The summed E-state index contributed by atoms with van der Waals surface area (Å²) in [5.41, 5.74) is 0.506. The van der Waals surface area contributed by atoms with Crippen molar-refractivity contribution in [3.05, 3.63) is 33.8 Å². The highest BCUT2D eigenvalue weighted by Crippen LogP contribution is 2.48. The van der Waals surface area contributed by atoms with E-state index < -0.39 is 5.60 Å². The molecule has 0 aromatic heterocycles. The second-order valence-corrected chi connectivity index (χ2v) is 4.73. The predicted octanol–water partition coefficient (Wildman–Crippen LogP) is 2.85. The van der Waals surface area contributed by atoms with Crippen LogP contribution >= 0.6 is 23.2 Å². The van der Waals surface area contributed by atoms with Crippen molar-refractivity contribution in [3.8, 4) is 0 Å². The fourth-order valence-electron chi connectivity index (χ4n) is 1.76. The first-order chi connectivity index (χ1) is 7.10. The van der Waals surface area contributed by atoms with Crippen molar-refractivity contribution in [2.75, 3.05) is 13.2 Å². The van der Waals surface area contributed by atoms with Crippen molar-refractivity contribution in [2.24, 2.45) is 5.92 Å². The first-order valence-corrected chi connectivity index (χ1v) is 5.56. The number of ether oxygens (including phenoxy) is 1. The molecule has 2 nitrogen and oxygen atoms in total. The summed E-state index contributed by atoms with van der Waals surface area (Å²) in [7, 11) is 0. The van der Waals surface area contributed by atoms with Crippen molar-refractivity contribution < 1.29 is 9.84 Å². The summed E-state index contributed by atoms with van der Waals surface area (Å²) in [4.78, 5) is 0. The Morgan fingerprint density at radius 1 is 1.53 bits per heavy atom. The van der Waals surface area contributed by atoms with Gasteiger partial charge in [0.1, 0.15) is 5.60 Å². The Balaban J connectivity index is 2.37. The highest BCUT2D eigenvalue weighted by atomic mass is 35.5. The molecular weight excluding hydrogens is 235 g/mol. The first-order valence-electron chi connectivity index (χ1n) is 4.80. The molecule has 1 aromatic rings. The minimum Gasteiger partial charge on any atom is -0.396 e. The molecule has 15 heavy (non-hydrogen) atoms. The molecule has 0 aliphatic carbocycles. The van der Waals surface area contributed by atoms with Crippen LogP contribution in [0, 0.1) is 5.92 Å². The van der Waals surface area contributed by atoms with Crippen LogP contribution in [0.25, 0.3) is 0 Å². The Morgan fingerprint density at radius 3 is 2.67 bits per heavy atom. The molecule has 82 valence electrons. The minimum absolute atomic E-state index is 0.0381. The van der Waals surface area contributed by atoms with E-state index in [2.05, 4.69) is 0 Å². The third-order valence-electron chi connectivity index (χ3n) is 2.91. The Kier molecular flexibility index (Phi) is 2.95. The Morgan fingerprint density at radius 2 is 2.20 bits per heavy atom. The number of epoxide rings is 1. The molecule has 0 saturated carbocycles. The van der Waals surface area contributed by atoms with Gasteiger partial charge >= 0.3 is 0 Å². The highest BCUT2D eigenvalue weighted by molar-refractivity contribution is 6.35. The van der Waals surface area contributed by atoms with Crippen molar-refractivity contribution >= 4 is 23.2 Å². The molecule has 4 heteroatoms. The van der Waals surface area contributed by atoms with Crippen LogP contribution in [0.3, 0.4) is 0 Å². The molecule has 1 saturated heterocycles. The Labute approximate surface area is 98.8 Å². The van der Waals surface area contributed by atoms with Gasteiger partial charge < -0.3 is 9.84 Å². The van der Waals surface area contributed by atoms with E-state index in [1.165, 1.54) is 0 Å². The fourth-order valence-corrected chi connectivity index (χ4v) is 2.33. The molecule has 0 bridgehead atoms. The molecule has 1 heterocycles. The van der Waals surface area contributed by atoms with Crippen LogP contribution < -0.4 is 0 Å². The molecule has 1 N–H and O–H groups in total. The second kappa shape index (κ2) is 3.95. The molecule has 0 radical (unpaired) electrons. The number of hydrogen-bond donors (Lipinski definition) is 1. The molecule has 2 atom stereocenters. The number of hydrogen-bond acceptors (Lipinski definition) is 2. The number of aliphatic hydroxyl groups excluding tert-OH is 1. The summed E-state index contributed by atoms with van der Waals surface area (Å²) < 4.78 is 5.47. The molecular formula is C11H12Cl2O2. The summed E-state index contributed by atoms with van der Waals surface area (Å²) in [6.45, 7) is 2.63. The van der Waals surface area contributed by atoms with Gasteiger partial charge in [-0.3, -0.25) is 0 Å². The number of benzene rings is 1. The van der Waals surface area contributed by atoms with Gasteiger partial charge in [0.2, 0.25) is 0 Å². The normalized spacial score (nSPS) is 26.4. The van der Waals surface area contributed by atoms with E-state index >= 15 is 0 Å². The second-order valence-electron chi connectivity index (χ2n) is 3.89. The highest BCUT2D eigenvalue weighted by Gasteiger charge is 2.51. The standard InChI is InChI=1S/C11H12Cl2O2/c1-7(5-14)11(6-15-11)9-3-2-8(12)4-10(9)13/h2-4,7,14H,5-6H2,1H3/t7-,11-/m1/s1. The predicted molar refractivity (Wildman–Crippen MR) is 60.3 cm³/mol. The topological polar surface area (TPSA) is 32.8 Å². The van der Waals surface area contributed by atoms with Crippen LogP contribution in [0.4, 0.5) is 0 Å². The van der Waals surface area contributed by atoms with Crippen LogP contribution in [-0.2, 0) is 10.3 Å². The summed E-state index contributed by atoms with van der Waals surface area (Å²) in [6, 6.07) is 5.35. The quantitative estimate of drug-likeness (QED) is 0.833. The molecule has 2 rings (SSSR count). The third-order valence-corrected chi connectivity index (χ3v) is 3.46. The SMILES string of the molecule is C[C@H](CO)[C@@]1(c2ccc(Cl)cc2Cl)CO1. The van der Waals surface area contributed by atoms with E-state index in [1.807, 2.05) is 13.0 Å². The zero-order valence-electron chi connectivity index (χ0n) is 8.34. The summed E-state index contributed by atoms with van der Waals surface area (Å²) in [5.74, 6) is 0.0381. The van der Waals surface area contributed by atoms with Crippen molar-refractivity contribution in [1.82, 2.24) is 0 Å². The van der Waals surface area contributed by atoms with Gasteiger partial charge in [0.15, 0.2) is 0 Å². The zero-order chi connectivity index (χ0) is 11.1. The molecule has 1 aromatic carbocycles. The van der Waals surface area contributed by atoms with E-state index in [-0.39, 0.29) is 12.5 Å². The zero-order valence-corrected chi connectivity index (χ0v) is 9.85. The maximum atomic E-state index is 9.17. The lowest BCUT2D eigenvalue weighted by Crippen LogP contribution is -2.23. The van der Waals surface area contributed by atoms with Crippen LogP contribution in [-0.4, -0.2) is 18.3 Å². The van der Waals surface area contributed by atoms with Gasteiger partial charge in [0.05, 0.1) is 6.61 Å². The van der Waals surface area contributed by atoms with Crippen LogP contribution in [0.5, 0.6) is 0 Å². The molecule has 0 amide bonds. The minimum atomic E-state index is -0.406. The smallest absolute Gasteiger partial charge is 0.123 e. The van der Waals surface area contributed by atoms with Gasteiger partial charge in [-0.15, -0.1) is 0 Å². The van der Waals surface area contributed by atoms with Crippen molar-refractivity contribution in [2.45, 2.75) is 12.5 Å². The molecule has 0 unspecified atom stereocenters. The maximum Gasteiger partial charge on any atom is 0.123 e. The van der Waals surface area contributed by atoms with Gasteiger partial charge in [-0.05, 0) is 12.1 Å². The van der Waals surface area contributed by atoms with Gasteiger partial charge in [-0.25, -0.2) is 0 Å². The number of aliphatic hydroxyl groups is 1. The van der Waals surface area contributed by atoms with Crippen molar-refractivity contribution in [3.63, 3.8) is 0 Å². The largest absolute Gasteiger partial charge is 0.396 e. The van der Waals surface area contributed by atoms with E-state index in [0.717, 1.165) is 5.56 Å². The van der Waals surface area contributed by atoms with Gasteiger partial charge in [0, 0.05) is 28.1 Å². The average Bonchev–Trinajstić information content (AvgIpc) is 2.97. The first kappa shape index (κ1) is 11.2. The lowest BCUT2D eigenvalue weighted by Gasteiger charge is -2.19. The number of rotatable bonds is 3. The average molecular weight is 247 g/mol. The van der Waals surface area contributed by atoms with Crippen LogP contribution in [0.15, 0.2) is 18.2 Å². The van der Waals surface area contributed by atoms with E-state index in [9.17, 15) is 0 Å². The lowest BCUT2D eigenvalue weighted by molar-refractivity contribution is 0.147. The summed E-state index contributed by atoms with van der Waals surface area (Å²) in [6.07, 6.45) is 0. The Bertz CT molecular complexity index is 375. The van der Waals surface area contributed by atoms with Gasteiger partial charge in [0.25, 0.3) is 0 Å². The summed E-state index contributed by atoms with van der Waals surface area (Å²) >= 11 is 11.9. The van der Waals surface area contributed by atoms with Crippen molar-refractivity contribution in [1.29, 1.82) is 0 Å².